The standard InChI is InChI=1S/C13H21FN2/c1-3-10(2)7-13(16-15)9-11-5-4-6-12(14)8-11/h4-6,8,10,13,16H,3,7,9,15H2,1-2H3. The van der Waals surface area contributed by atoms with Crippen molar-refractivity contribution in [3.05, 3.63) is 35.6 Å². The van der Waals surface area contributed by atoms with Gasteiger partial charge in [0.05, 0.1) is 0 Å². The second-order valence-corrected chi connectivity index (χ2v) is 4.45. The van der Waals surface area contributed by atoms with E-state index in [1.54, 1.807) is 12.1 Å². The Balaban J connectivity index is 2.56. The van der Waals surface area contributed by atoms with E-state index in [1.807, 2.05) is 6.07 Å². The Bertz CT molecular complexity index is 315. The minimum absolute atomic E-state index is 0.184. The molecule has 3 heteroatoms. The zero-order valence-corrected chi connectivity index (χ0v) is 10.0. The number of nitrogens with two attached hydrogens (primary N) is 1. The third-order valence-corrected chi connectivity index (χ3v) is 2.99. The number of benzene rings is 1. The molecule has 1 aromatic rings. The molecule has 0 bridgehead atoms. The Morgan fingerprint density at radius 3 is 2.75 bits per heavy atom. The van der Waals surface area contributed by atoms with Crippen LogP contribution < -0.4 is 11.3 Å². The molecule has 1 aromatic carbocycles. The third-order valence-electron chi connectivity index (χ3n) is 2.99. The highest BCUT2D eigenvalue weighted by atomic mass is 19.1. The minimum atomic E-state index is -0.184. The molecule has 0 fully saturated rings. The molecule has 90 valence electrons. The molecule has 16 heavy (non-hydrogen) atoms. The molecule has 0 heterocycles. The van der Waals surface area contributed by atoms with Crippen molar-refractivity contribution in [1.29, 1.82) is 0 Å². The van der Waals surface area contributed by atoms with Crippen LogP contribution in [0.15, 0.2) is 24.3 Å². The average molecular weight is 224 g/mol. The first-order valence-corrected chi connectivity index (χ1v) is 5.86. The SMILES string of the molecule is CCC(C)CC(Cc1cccc(F)c1)NN. The summed E-state index contributed by atoms with van der Waals surface area (Å²) in [6, 6.07) is 6.92. The van der Waals surface area contributed by atoms with E-state index in [-0.39, 0.29) is 11.9 Å². The molecule has 0 spiro atoms. The van der Waals surface area contributed by atoms with Gasteiger partial charge >= 0.3 is 0 Å². The maximum atomic E-state index is 13.0. The van der Waals surface area contributed by atoms with Gasteiger partial charge in [-0.3, -0.25) is 11.3 Å². The fourth-order valence-corrected chi connectivity index (χ4v) is 1.81. The van der Waals surface area contributed by atoms with E-state index in [0.717, 1.165) is 24.8 Å². The highest BCUT2D eigenvalue weighted by molar-refractivity contribution is 5.17. The monoisotopic (exact) mass is 224 g/mol. The predicted octanol–water partition coefficient (Wildman–Crippen LogP) is 2.64. The Labute approximate surface area is 97.0 Å². The van der Waals surface area contributed by atoms with Crippen LogP contribution in [0.5, 0.6) is 0 Å². The van der Waals surface area contributed by atoms with Gasteiger partial charge in [-0.2, -0.15) is 0 Å². The molecule has 2 nitrogen and oxygen atoms in total. The number of hydrogen-bond donors (Lipinski definition) is 2. The van der Waals surface area contributed by atoms with Gasteiger partial charge in [0.1, 0.15) is 5.82 Å². The van der Waals surface area contributed by atoms with Crippen molar-refractivity contribution in [2.75, 3.05) is 0 Å². The first-order chi connectivity index (χ1) is 7.65. The van der Waals surface area contributed by atoms with Gasteiger partial charge in [-0.15, -0.1) is 0 Å². The van der Waals surface area contributed by atoms with Gasteiger partial charge in [0.2, 0.25) is 0 Å². The van der Waals surface area contributed by atoms with Crippen LogP contribution in [0.3, 0.4) is 0 Å². The fraction of sp³-hybridized carbons (Fsp3) is 0.538. The highest BCUT2D eigenvalue weighted by Crippen LogP contribution is 2.14. The third kappa shape index (κ3) is 4.29. The average Bonchev–Trinajstić information content (AvgIpc) is 2.28. The van der Waals surface area contributed by atoms with E-state index in [9.17, 15) is 4.39 Å². The van der Waals surface area contributed by atoms with Crippen LogP contribution in [0.4, 0.5) is 4.39 Å². The Morgan fingerprint density at radius 1 is 1.44 bits per heavy atom. The lowest BCUT2D eigenvalue weighted by molar-refractivity contribution is 0.396. The lowest BCUT2D eigenvalue weighted by atomic mass is 9.95. The van der Waals surface area contributed by atoms with Crippen LogP contribution in [-0.2, 0) is 6.42 Å². The summed E-state index contributed by atoms with van der Waals surface area (Å²) in [6.45, 7) is 4.37. The maximum Gasteiger partial charge on any atom is 0.123 e. The summed E-state index contributed by atoms with van der Waals surface area (Å²) in [6.07, 6.45) is 2.93. The molecule has 0 amide bonds. The molecular weight excluding hydrogens is 203 g/mol. The van der Waals surface area contributed by atoms with Crippen LogP contribution in [0.2, 0.25) is 0 Å². The minimum Gasteiger partial charge on any atom is -0.271 e. The molecule has 2 unspecified atom stereocenters. The van der Waals surface area contributed by atoms with Gasteiger partial charge in [0.15, 0.2) is 0 Å². The van der Waals surface area contributed by atoms with Crippen molar-refractivity contribution in [2.24, 2.45) is 11.8 Å². The second-order valence-electron chi connectivity index (χ2n) is 4.45. The quantitative estimate of drug-likeness (QED) is 0.576. The van der Waals surface area contributed by atoms with Crippen molar-refractivity contribution in [1.82, 2.24) is 5.43 Å². The molecular formula is C13H21FN2. The highest BCUT2D eigenvalue weighted by Gasteiger charge is 2.11. The zero-order valence-electron chi connectivity index (χ0n) is 10.0. The number of hydrazine groups is 1. The Kier molecular flexibility index (Phi) is 5.43. The normalized spacial score (nSPS) is 14.8. The van der Waals surface area contributed by atoms with Gasteiger partial charge in [0.25, 0.3) is 0 Å². The van der Waals surface area contributed by atoms with Crippen LogP contribution >= 0.6 is 0 Å². The number of rotatable bonds is 6. The van der Waals surface area contributed by atoms with Gasteiger partial charge in [-0.25, -0.2) is 4.39 Å². The van der Waals surface area contributed by atoms with E-state index in [4.69, 9.17) is 5.84 Å². The maximum absolute atomic E-state index is 13.0. The van der Waals surface area contributed by atoms with Crippen LogP contribution in [0.25, 0.3) is 0 Å². The number of hydrogen-bond acceptors (Lipinski definition) is 2. The summed E-state index contributed by atoms with van der Waals surface area (Å²) in [5.41, 5.74) is 3.80. The Morgan fingerprint density at radius 2 is 2.19 bits per heavy atom. The van der Waals surface area contributed by atoms with Crippen LogP contribution in [0, 0.1) is 11.7 Å². The molecule has 2 atom stereocenters. The lowest BCUT2D eigenvalue weighted by Gasteiger charge is -2.19. The predicted molar refractivity (Wildman–Crippen MR) is 65.3 cm³/mol. The molecule has 1 rings (SSSR count). The van der Waals surface area contributed by atoms with E-state index >= 15 is 0 Å². The van der Waals surface area contributed by atoms with Gasteiger partial charge in [0, 0.05) is 6.04 Å². The first kappa shape index (κ1) is 13.1. The van der Waals surface area contributed by atoms with Gasteiger partial charge in [-0.1, -0.05) is 32.4 Å². The topological polar surface area (TPSA) is 38.0 Å². The first-order valence-electron chi connectivity index (χ1n) is 5.86. The summed E-state index contributed by atoms with van der Waals surface area (Å²) in [7, 11) is 0. The van der Waals surface area contributed by atoms with Crippen molar-refractivity contribution in [3.8, 4) is 0 Å². The van der Waals surface area contributed by atoms with Gasteiger partial charge < -0.3 is 0 Å². The summed E-state index contributed by atoms with van der Waals surface area (Å²) in [4.78, 5) is 0. The van der Waals surface area contributed by atoms with Crippen molar-refractivity contribution < 1.29 is 4.39 Å². The largest absolute Gasteiger partial charge is 0.271 e. The second kappa shape index (κ2) is 6.61. The lowest BCUT2D eigenvalue weighted by Crippen LogP contribution is -2.38. The van der Waals surface area contributed by atoms with E-state index in [0.29, 0.717) is 5.92 Å². The molecule has 3 N–H and O–H groups in total. The summed E-state index contributed by atoms with van der Waals surface area (Å²) >= 11 is 0. The van der Waals surface area contributed by atoms with E-state index in [2.05, 4.69) is 19.3 Å². The smallest absolute Gasteiger partial charge is 0.123 e. The summed E-state index contributed by atoms with van der Waals surface area (Å²) in [5.74, 6) is 5.97. The summed E-state index contributed by atoms with van der Waals surface area (Å²) < 4.78 is 13.0. The van der Waals surface area contributed by atoms with Crippen molar-refractivity contribution in [2.45, 2.75) is 39.2 Å². The molecule has 0 aliphatic heterocycles. The van der Waals surface area contributed by atoms with Crippen molar-refractivity contribution >= 4 is 0 Å². The molecule has 0 aliphatic carbocycles. The molecule has 0 aliphatic rings. The number of nitrogens with one attached hydrogen (secondary N) is 1. The number of halogens is 1. The van der Waals surface area contributed by atoms with Gasteiger partial charge in [-0.05, 0) is 36.5 Å². The van der Waals surface area contributed by atoms with Crippen molar-refractivity contribution in [3.63, 3.8) is 0 Å². The van der Waals surface area contributed by atoms with Crippen LogP contribution in [0.1, 0.15) is 32.3 Å². The Hall–Kier alpha value is -0.930. The molecule has 0 radical (unpaired) electrons. The fourth-order valence-electron chi connectivity index (χ4n) is 1.81. The molecule has 0 saturated heterocycles. The van der Waals surface area contributed by atoms with E-state index in [1.165, 1.54) is 6.07 Å². The van der Waals surface area contributed by atoms with E-state index < -0.39 is 0 Å². The summed E-state index contributed by atoms with van der Waals surface area (Å²) in [5, 5.41) is 0. The van der Waals surface area contributed by atoms with Crippen LogP contribution in [-0.4, -0.2) is 6.04 Å². The molecule has 0 aromatic heterocycles. The zero-order chi connectivity index (χ0) is 12.0. The molecule has 0 saturated carbocycles.